The lowest BCUT2D eigenvalue weighted by Crippen LogP contribution is -2.52. The van der Waals surface area contributed by atoms with E-state index in [1.54, 1.807) is 11.3 Å². The number of benzene rings is 1. The molecule has 124 valence electrons. The number of thiophene rings is 1. The van der Waals surface area contributed by atoms with Gasteiger partial charge in [-0.3, -0.25) is 14.5 Å². The van der Waals surface area contributed by atoms with E-state index < -0.39 is 0 Å². The SMILES string of the molecule is O=C1NCCN(CC(=O)N2CCc3ccccc32)C1c1cccs1. The number of rotatable bonds is 3. The quantitative estimate of drug-likeness (QED) is 0.926. The van der Waals surface area contributed by atoms with E-state index in [2.05, 4.69) is 11.4 Å². The van der Waals surface area contributed by atoms with Crippen LogP contribution in [0.3, 0.4) is 0 Å². The van der Waals surface area contributed by atoms with E-state index in [4.69, 9.17) is 0 Å². The molecule has 2 aromatic rings. The van der Waals surface area contributed by atoms with Gasteiger partial charge in [-0.25, -0.2) is 0 Å². The Morgan fingerprint density at radius 3 is 2.92 bits per heavy atom. The second-order valence-electron chi connectivity index (χ2n) is 6.10. The Morgan fingerprint density at radius 1 is 1.21 bits per heavy atom. The van der Waals surface area contributed by atoms with E-state index in [1.807, 2.05) is 45.5 Å². The second-order valence-corrected chi connectivity index (χ2v) is 7.08. The van der Waals surface area contributed by atoms with Crippen LogP contribution < -0.4 is 10.2 Å². The molecule has 1 fully saturated rings. The van der Waals surface area contributed by atoms with Gasteiger partial charge >= 0.3 is 0 Å². The number of hydrogen-bond donors (Lipinski definition) is 1. The van der Waals surface area contributed by atoms with Crippen LogP contribution in [0.5, 0.6) is 0 Å². The van der Waals surface area contributed by atoms with Crippen LogP contribution in [-0.2, 0) is 16.0 Å². The van der Waals surface area contributed by atoms with E-state index in [9.17, 15) is 9.59 Å². The van der Waals surface area contributed by atoms with Gasteiger partial charge in [0.25, 0.3) is 0 Å². The van der Waals surface area contributed by atoms with Crippen LogP contribution in [0.15, 0.2) is 41.8 Å². The molecule has 0 aliphatic carbocycles. The van der Waals surface area contributed by atoms with Gasteiger partial charge in [0.15, 0.2) is 0 Å². The van der Waals surface area contributed by atoms with Gasteiger partial charge in [-0.05, 0) is 29.5 Å². The molecule has 0 bridgehead atoms. The summed E-state index contributed by atoms with van der Waals surface area (Å²) in [6.07, 6.45) is 0.900. The lowest BCUT2D eigenvalue weighted by atomic mass is 10.1. The standard InChI is InChI=1S/C18H19N3O2S/c22-16(21-9-7-13-4-1-2-5-14(13)21)12-20-10-8-19-18(23)17(20)15-6-3-11-24-15/h1-6,11,17H,7-10,12H2,(H,19,23). The first-order valence-electron chi connectivity index (χ1n) is 8.17. The number of nitrogens with one attached hydrogen (secondary N) is 1. The van der Waals surface area contributed by atoms with Crippen molar-refractivity contribution in [1.29, 1.82) is 0 Å². The number of amides is 2. The van der Waals surface area contributed by atoms with E-state index in [0.29, 0.717) is 13.1 Å². The van der Waals surface area contributed by atoms with Crippen molar-refractivity contribution in [2.24, 2.45) is 0 Å². The lowest BCUT2D eigenvalue weighted by molar-refractivity contribution is -0.131. The Kier molecular flexibility index (Phi) is 4.08. The van der Waals surface area contributed by atoms with Crippen LogP contribution in [-0.4, -0.2) is 42.9 Å². The molecule has 1 atom stereocenters. The van der Waals surface area contributed by atoms with E-state index >= 15 is 0 Å². The Hall–Kier alpha value is -2.18. The van der Waals surface area contributed by atoms with Gasteiger partial charge in [-0.2, -0.15) is 0 Å². The zero-order valence-electron chi connectivity index (χ0n) is 13.3. The molecule has 6 heteroatoms. The summed E-state index contributed by atoms with van der Waals surface area (Å²) < 4.78 is 0. The van der Waals surface area contributed by atoms with Crippen LogP contribution in [0.25, 0.3) is 0 Å². The third-order valence-electron chi connectivity index (χ3n) is 4.65. The summed E-state index contributed by atoms with van der Waals surface area (Å²) in [7, 11) is 0. The number of fused-ring (bicyclic) bond motifs is 1. The molecule has 5 nitrogen and oxygen atoms in total. The van der Waals surface area contributed by atoms with Gasteiger partial charge in [-0.1, -0.05) is 24.3 Å². The van der Waals surface area contributed by atoms with Crippen molar-refractivity contribution in [2.45, 2.75) is 12.5 Å². The molecule has 4 rings (SSSR count). The number of nitrogens with zero attached hydrogens (tertiary/aromatic N) is 2. The number of para-hydroxylation sites is 1. The first-order valence-corrected chi connectivity index (χ1v) is 9.05. The first-order chi connectivity index (χ1) is 11.7. The summed E-state index contributed by atoms with van der Waals surface area (Å²) in [5.74, 6) is 0.0505. The predicted octanol–water partition coefficient (Wildman–Crippen LogP) is 1.81. The first kappa shape index (κ1) is 15.4. The third-order valence-corrected chi connectivity index (χ3v) is 5.58. The zero-order valence-corrected chi connectivity index (χ0v) is 14.1. The third kappa shape index (κ3) is 2.72. The molecule has 24 heavy (non-hydrogen) atoms. The van der Waals surface area contributed by atoms with Gasteiger partial charge in [0.2, 0.25) is 11.8 Å². The maximum atomic E-state index is 12.9. The van der Waals surface area contributed by atoms with Crippen LogP contribution in [0.4, 0.5) is 5.69 Å². The Morgan fingerprint density at radius 2 is 2.08 bits per heavy atom. The second kappa shape index (κ2) is 6.37. The maximum Gasteiger partial charge on any atom is 0.242 e. The molecule has 2 aliphatic heterocycles. The van der Waals surface area contributed by atoms with Crippen LogP contribution in [0.1, 0.15) is 16.5 Å². The minimum atomic E-state index is -0.361. The maximum absolute atomic E-state index is 12.9. The highest BCUT2D eigenvalue weighted by atomic mass is 32.1. The fraction of sp³-hybridized carbons (Fsp3) is 0.333. The molecule has 1 saturated heterocycles. The van der Waals surface area contributed by atoms with Crippen molar-refractivity contribution in [3.8, 4) is 0 Å². The van der Waals surface area contributed by atoms with Gasteiger partial charge < -0.3 is 10.2 Å². The highest BCUT2D eigenvalue weighted by molar-refractivity contribution is 7.10. The van der Waals surface area contributed by atoms with E-state index in [-0.39, 0.29) is 24.4 Å². The number of piperazine rings is 1. The number of carbonyl (C=O) groups is 2. The summed E-state index contributed by atoms with van der Waals surface area (Å²) >= 11 is 1.56. The minimum Gasteiger partial charge on any atom is -0.353 e. The highest BCUT2D eigenvalue weighted by Crippen LogP contribution is 2.30. The molecular formula is C18H19N3O2S. The molecule has 2 amide bonds. The molecule has 1 aromatic heterocycles. The molecule has 2 aliphatic rings. The van der Waals surface area contributed by atoms with Crippen molar-refractivity contribution in [3.63, 3.8) is 0 Å². The summed E-state index contributed by atoms with van der Waals surface area (Å²) in [6, 6.07) is 11.6. The number of anilines is 1. The van der Waals surface area contributed by atoms with Crippen molar-refractivity contribution in [2.75, 3.05) is 31.1 Å². The number of carbonyl (C=O) groups excluding carboxylic acids is 2. The summed E-state index contributed by atoms with van der Waals surface area (Å²) in [5.41, 5.74) is 2.23. The molecular weight excluding hydrogens is 322 g/mol. The van der Waals surface area contributed by atoms with Gasteiger partial charge in [0, 0.05) is 30.2 Å². The number of hydrogen-bond acceptors (Lipinski definition) is 4. The Balaban J connectivity index is 1.53. The monoisotopic (exact) mass is 341 g/mol. The fourth-order valence-corrected chi connectivity index (χ4v) is 4.35. The van der Waals surface area contributed by atoms with Crippen LogP contribution in [0.2, 0.25) is 0 Å². The van der Waals surface area contributed by atoms with E-state index in [0.717, 1.165) is 23.5 Å². The smallest absolute Gasteiger partial charge is 0.242 e. The molecule has 0 spiro atoms. The van der Waals surface area contributed by atoms with Crippen molar-refractivity contribution < 1.29 is 9.59 Å². The highest BCUT2D eigenvalue weighted by Gasteiger charge is 2.34. The molecule has 1 N–H and O–H groups in total. The molecule has 0 radical (unpaired) electrons. The Labute approximate surface area is 144 Å². The lowest BCUT2D eigenvalue weighted by Gasteiger charge is -2.34. The summed E-state index contributed by atoms with van der Waals surface area (Å²) in [6.45, 7) is 2.27. The fourth-order valence-electron chi connectivity index (χ4n) is 3.50. The normalized spacial score (nSPS) is 20.8. The minimum absolute atomic E-state index is 0.0154. The average Bonchev–Trinajstić information content (AvgIpc) is 3.24. The summed E-state index contributed by atoms with van der Waals surface area (Å²) in [5, 5.41) is 4.88. The molecule has 3 heterocycles. The van der Waals surface area contributed by atoms with Crippen molar-refractivity contribution >= 4 is 28.8 Å². The Bertz CT molecular complexity index is 759. The van der Waals surface area contributed by atoms with Crippen molar-refractivity contribution in [1.82, 2.24) is 10.2 Å². The largest absolute Gasteiger partial charge is 0.353 e. The van der Waals surface area contributed by atoms with Gasteiger partial charge in [-0.15, -0.1) is 11.3 Å². The van der Waals surface area contributed by atoms with E-state index in [1.165, 1.54) is 5.56 Å². The summed E-state index contributed by atoms with van der Waals surface area (Å²) in [4.78, 5) is 30.0. The van der Waals surface area contributed by atoms with Crippen LogP contribution in [0, 0.1) is 0 Å². The predicted molar refractivity (Wildman–Crippen MR) is 94.1 cm³/mol. The average molecular weight is 341 g/mol. The van der Waals surface area contributed by atoms with Gasteiger partial charge in [0.1, 0.15) is 6.04 Å². The zero-order chi connectivity index (χ0) is 16.5. The molecule has 1 unspecified atom stereocenters. The van der Waals surface area contributed by atoms with Crippen molar-refractivity contribution in [3.05, 3.63) is 52.2 Å². The van der Waals surface area contributed by atoms with Crippen LogP contribution >= 0.6 is 11.3 Å². The molecule has 1 aromatic carbocycles. The van der Waals surface area contributed by atoms with Gasteiger partial charge in [0.05, 0.1) is 6.54 Å². The topological polar surface area (TPSA) is 52.7 Å². The molecule has 0 saturated carbocycles.